The van der Waals surface area contributed by atoms with Gasteiger partial charge in [0.15, 0.2) is 17.1 Å². The van der Waals surface area contributed by atoms with Crippen molar-refractivity contribution >= 4 is 11.2 Å². The van der Waals surface area contributed by atoms with Gasteiger partial charge in [-0.25, -0.2) is 15.0 Å². The fraction of sp³-hybridized carbons (Fsp3) is 0.0952. The summed E-state index contributed by atoms with van der Waals surface area (Å²) >= 11 is 0. The molecule has 0 aliphatic carbocycles. The number of nitrogens with zero attached hydrogens (tertiary/aromatic N) is 3. The highest BCUT2D eigenvalue weighted by molar-refractivity contribution is 5.71. The Morgan fingerprint density at radius 1 is 1.04 bits per heavy atom. The number of furan rings is 1. The number of pyridine rings is 1. The summed E-state index contributed by atoms with van der Waals surface area (Å²) in [5.74, 6) is 7.52. The van der Waals surface area contributed by atoms with Gasteiger partial charge in [0.1, 0.15) is 17.9 Å². The van der Waals surface area contributed by atoms with Crippen LogP contribution >= 0.6 is 0 Å². The number of methoxy groups -OCH3 is 1. The van der Waals surface area contributed by atoms with E-state index in [4.69, 9.17) is 13.9 Å². The Morgan fingerprint density at radius 3 is 2.85 bits per heavy atom. The quantitative estimate of drug-likeness (QED) is 0.520. The Morgan fingerprint density at radius 2 is 2.00 bits per heavy atom. The summed E-state index contributed by atoms with van der Waals surface area (Å²) in [6, 6.07) is 14.8. The Labute approximate surface area is 155 Å². The molecule has 0 spiro atoms. The first-order chi connectivity index (χ1) is 13.3. The van der Waals surface area contributed by atoms with Crippen molar-refractivity contribution < 1.29 is 13.9 Å². The number of rotatable bonds is 4. The summed E-state index contributed by atoms with van der Waals surface area (Å²) < 4.78 is 16.4. The Bertz CT molecular complexity index is 1130. The van der Waals surface area contributed by atoms with Gasteiger partial charge in [0.25, 0.3) is 0 Å². The number of aromatic nitrogens is 3. The van der Waals surface area contributed by atoms with Crippen LogP contribution in [0.15, 0.2) is 65.4 Å². The molecule has 0 N–H and O–H groups in total. The lowest BCUT2D eigenvalue weighted by atomic mass is 10.2. The van der Waals surface area contributed by atoms with Crippen LogP contribution in [-0.2, 0) is 6.61 Å². The van der Waals surface area contributed by atoms with Gasteiger partial charge in [-0.1, -0.05) is 12.1 Å². The summed E-state index contributed by atoms with van der Waals surface area (Å²) in [7, 11) is 1.63. The maximum Gasteiger partial charge on any atom is 0.250 e. The lowest BCUT2D eigenvalue weighted by Gasteiger charge is -2.09. The normalized spacial score (nSPS) is 10.3. The molecule has 6 heteroatoms. The van der Waals surface area contributed by atoms with Gasteiger partial charge in [0.05, 0.1) is 13.4 Å². The van der Waals surface area contributed by atoms with Crippen LogP contribution in [0.5, 0.6) is 11.6 Å². The van der Waals surface area contributed by atoms with E-state index in [1.807, 2.05) is 30.3 Å². The Balaban J connectivity index is 1.67. The minimum Gasteiger partial charge on any atom is -0.497 e. The number of hydrogen-bond donors (Lipinski definition) is 0. The van der Waals surface area contributed by atoms with E-state index in [1.165, 1.54) is 0 Å². The molecule has 4 aromatic rings. The summed E-state index contributed by atoms with van der Waals surface area (Å²) in [5.41, 5.74) is 2.50. The van der Waals surface area contributed by atoms with Gasteiger partial charge >= 0.3 is 0 Å². The van der Waals surface area contributed by atoms with Gasteiger partial charge in [-0.3, -0.25) is 0 Å². The third-order valence-electron chi connectivity index (χ3n) is 3.74. The fourth-order valence-electron chi connectivity index (χ4n) is 2.44. The molecule has 1 aromatic carbocycles. The van der Waals surface area contributed by atoms with Crippen molar-refractivity contribution in [1.82, 2.24) is 15.0 Å². The molecule has 27 heavy (non-hydrogen) atoms. The summed E-state index contributed by atoms with van der Waals surface area (Å²) in [5, 5.41) is 0. The second kappa shape index (κ2) is 7.58. The third-order valence-corrected chi connectivity index (χ3v) is 3.74. The van der Waals surface area contributed by atoms with Gasteiger partial charge in [0, 0.05) is 6.20 Å². The zero-order valence-electron chi connectivity index (χ0n) is 14.5. The van der Waals surface area contributed by atoms with E-state index in [2.05, 4.69) is 26.8 Å². The number of benzene rings is 1. The molecule has 4 rings (SSSR count). The Hall–Kier alpha value is -3.85. The zero-order chi connectivity index (χ0) is 18.5. The number of ether oxygens (including phenoxy) is 2. The van der Waals surface area contributed by atoms with Gasteiger partial charge in [0.2, 0.25) is 5.88 Å². The zero-order valence-corrected chi connectivity index (χ0v) is 14.5. The summed E-state index contributed by atoms with van der Waals surface area (Å²) in [6.07, 6.45) is 3.23. The van der Waals surface area contributed by atoms with Crippen LogP contribution in [0.1, 0.15) is 17.0 Å². The molecule has 0 radical (unpaired) electrons. The highest BCUT2D eigenvalue weighted by Crippen LogP contribution is 2.20. The van der Waals surface area contributed by atoms with Crippen LogP contribution in [0, 0.1) is 11.8 Å². The molecule has 0 fully saturated rings. The van der Waals surface area contributed by atoms with E-state index in [0.29, 0.717) is 35.1 Å². The van der Waals surface area contributed by atoms with E-state index in [-0.39, 0.29) is 0 Å². The van der Waals surface area contributed by atoms with Crippen molar-refractivity contribution in [2.45, 2.75) is 6.61 Å². The van der Waals surface area contributed by atoms with Crippen molar-refractivity contribution in [2.24, 2.45) is 0 Å². The van der Waals surface area contributed by atoms with Crippen LogP contribution in [0.25, 0.3) is 11.2 Å². The van der Waals surface area contributed by atoms with E-state index < -0.39 is 0 Å². The standard InChI is InChI=1S/C21H15N3O3/c1-25-17-6-2-5-15(13-17)14-27-21-19(10-9-16-7-4-12-26-16)23-20-18(24-21)8-3-11-22-20/h2-8,11-13H,14H2,1H3. The molecular weight excluding hydrogens is 342 g/mol. The maximum atomic E-state index is 5.91. The Kier molecular flexibility index (Phi) is 4.66. The second-order valence-corrected chi connectivity index (χ2v) is 5.59. The minimum absolute atomic E-state index is 0.313. The minimum atomic E-state index is 0.313. The topological polar surface area (TPSA) is 70.3 Å². The molecule has 6 nitrogen and oxygen atoms in total. The predicted octanol–water partition coefficient (Wildman–Crippen LogP) is 3.61. The van der Waals surface area contributed by atoms with Crippen LogP contribution in [-0.4, -0.2) is 22.1 Å². The van der Waals surface area contributed by atoms with E-state index in [1.54, 1.807) is 37.8 Å². The summed E-state index contributed by atoms with van der Waals surface area (Å²) in [4.78, 5) is 13.2. The largest absolute Gasteiger partial charge is 0.497 e. The van der Waals surface area contributed by atoms with Crippen molar-refractivity contribution in [3.05, 3.63) is 78.0 Å². The molecule has 0 atom stereocenters. The number of fused-ring (bicyclic) bond motifs is 1. The van der Waals surface area contributed by atoms with Gasteiger partial charge in [-0.2, -0.15) is 0 Å². The van der Waals surface area contributed by atoms with Gasteiger partial charge in [-0.05, 0) is 53.8 Å². The second-order valence-electron chi connectivity index (χ2n) is 5.59. The number of hydrogen-bond acceptors (Lipinski definition) is 6. The molecule has 0 unspecified atom stereocenters. The highest BCUT2D eigenvalue weighted by Gasteiger charge is 2.10. The van der Waals surface area contributed by atoms with Crippen molar-refractivity contribution in [2.75, 3.05) is 7.11 Å². The summed E-state index contributed by atoms with van der Waals surface area (Å²) in [6.45, 7) is 0.313. The first-order valence-corrected chi connectivity index (χ1v) is 8.26. The van der Waals surface area contributed by atoms with Crippen LogP contribution in [0.4, 0.5) is 0 Å². The lowest BCUT2D eigenvalue weighted by Crippen LogP contribution is -2.02. The molecule has 0 aliphatic rings. The molecule has 0 aliphatic heterocycles. The van der Waals surface area contributed by atoms with E-state index >= 15 is 0 Å². The third kappa shape index (κ3) is 3.88. The lowest BCUT2D eigenvalue weighted by molar-refractivity contribution is 0.292. The smallest absolute Gasteiger partial charge is 0.250 e. The maximum absolute atomic E-state index is 5.91. The fourth-order valence-corrected chi connectivity index (χ4v) is 2.44. The van der Waals surface area contributed by atoms with E-state index in [0.717, 1.165) is 11.3 Å². The molecule has 0 bridgehead atoms. The average Bonchev–Trinajstić information content (AvgIpc) is 3.24. The predicted molar refractivity (Wildman–Crippen MR) is 99.3 cm³/mol. The van der Waals surface area contributed by atoms with Crippen molar-refractivity contribution in [3.63, 3.8) is 0 Å². The molecule has 0 saturated heterocycles. The molecule has 3 aromatic heterocycles. The molecule has 3 heterocycles. The SMILES string of the molecule is COc1cccc(COc2nc3cccnc3nc2C#Cc2ccco2)c1. The molecule has 0 amide bonds. The molecular formula is C21H15N3O3. The van der Waals surface area contributed by atoms with Gasteiger partial charge in [-0.15, -0.1) is 0 Å². The molecule has 0 saturated carbocycles. The molecule has 132 valence electrons. The van der Waals surface area contributed by atoms with Crippen molar-refractivity contribution in [3.8, 4) is 23.5 Å². The van der Waals surface area contributed by atoms with Crippen molar-refractivity contribution in [1.29, 1.82) is 0 Å². The van der Waals surface area contributed by atoms with Crippen LogP contribution in [0.3, 0.4) is 0 Å². The highest BCUT2D eigenvalue weighted by atomic mass is 16.5. The first-order valence-electron chi connectivity index (χ1n) is 8.26. The first kappa shape index (κ1) is 16.6. The monoisotopic (exact) mass is 357 g/mol. The van der Waals surface area contributed by atoms with Crippen LogP contribution < -0.4 is 9.47 Å². The van der Waals surface area contributed by atoms with E-state index in [9.17, 15) is 0 Å². The van der Waals surface area contributed by atoms with Crippen LogP contribution in [0.2, 0.25) is 0 Å². The van der Waals surface area contributed by atoms with Gasteiger partial charge < -0.3 is 13.9 Å². The average molecular weight is 357 g/mol.